The smallest absolute Gasteiger partial charge is 0.159 e. The lowest BCUT2D eigenvalue weighted by Gasteiger charge is -2.04. The second-order valence-corrected chi connectivity index (χ2v) is 6.35. The molecule has 0 saturated heterocycles. The zero-order chi connectivity index (χ0) is 16.2. The van der Waals surface area contributed by atoms with Crippen LogP contribution in [0.1, 0.15) is 70.3 Å². The van der Waals surface area contributed by atoms with Gasteiger partial charge in [0.05, 0.1) is 0 Å². The van der Waals surface area contributed by atoms with Crippen molar-refractivity contribution in [2.45, 2.75) is 71.1 Å². The van der Waals surface area contributed by atoms with E-state index in [0.717, 1.165) is 11.4 Å². The van der Waals surface area contributed by atoms with Gasteiger partial charge in [-0.05, 0) is 24.5 Å². The molecule has 0 N–H and O–H groups in total. The van der Waals surface area contributed by atoms with Crippen molar-refractivity contribution in [2.75, 3.05) is 0 Å². The van der Waals surface area contributed by atoms with Crippen LogP contribution in [0.15, 0.2) is 42.7 Å². The standard InChI is InChI=1S/C21H30N2/c1-2-3-4-5-6-7-8-9-10-12-19-13-15-20(16-14-19)21-22-17-11-18-23-21/h11,13-18H,2-10,12H2,1H3. The highest BCUT2D eigenvalue weighted by atomic mass is 14.8. The fraction of sp³-hybridized carbons (Fsp3) is 0.524. The van der Waals surface area contributed by atoms with Crippen LogP contribution in [0.3, 0.4) is 0 Å². The fourth-order valence-electron chi connectivity index (χ4n) is 2.91. The highest BCUT2D eigenvalue weighted by Crippen LogP contribution is 2.16. The molecule has 2 rings (SSSR count). The van der Waals surface area contributed by atoms with Gasteiger partial charge < -0.3 is 0 Å². The van der Waals surface area contributed by atoms with E-state index in [2.05, 4.69) is 41.2 Å². The maximum Gasteiger partial charge on any atom is 0.159 e. The first-order valence-electron chi connectivity index (χ1n) is 9.26. The van der Waals surface area contributed by atoms with Crippen LogP contribution in [0.2, 0.25) is 0 Å². The van der Waals surface area contributed by atoms with Gasteiger partial charge in [-0.1, -0.05) is 82.6 Å². The van der Waals surface area contributed by atoms with E-state index in [1.54, 1.807) is 12.4 Å². The molecule has 2 aromatic rings. The van der Waals surface area contributed by atoms with Gasteiger partial charge in [-0.15, -0.1) is 0 Å². The average molecular weight is 310 g/mol. The molecule has 0 spiro atoms. The summed E-state index contributed by atoms with van der Waals surface area (Å²) in [6.07, 6.45) is 17.3. The van der Waals surface area contributed by atoms with Crippen LogP contribution in [-0.4, -0.2) is 9.97 Å². The minimum Gasteiger partial charge on any atom is -0.237 e. The summed E-state index contributed by atoms with van der Waals surface area (Å²) < 4.78 is 0. The summed E-state index contributed by atoms with van der Waals surface area (Å²) in [5, 5.41) is 0. The van der Waals surface area contributed by atoms with Crippen LogP contribution in [0.5, 0.6) is 0 Å². The molecule has 1 aromatic carbocycles. The fourth-order valence-corrected chi connectivity index (χ4v) is 2.91. The quantitative estimate of drug-likeness (QED) is 0.461. The Hall–Kier alpha value is -1.70. The molecular weight excluding hydrogens is 280 g/mol. The summed E-state index contributed by atoms with van der Waals surface area (Å²) in [6, 6.07) is 10.6. The molecule has 124 valence electrons. The first-order chi connectivity index (χ1) is 11.4. The van der Waals surface area contributed by atoms with Crippen LogP contribution in [0.4, 0.5) is 0 Å². The number of nitrogens with zero attached hydrogens (tertiary/aromatic N) is 2. The first kappa shape index (κ1) is 17.7. The van der Waals surface area contributed by atoms with Gasteiger partial charge in [-0.3, -0.25) is 0 Å². The Bertz CT molecular complexity index is 519. The summed E-state index contributed by atoms with van der Waals surface area (Å²) in [7, 11) is 0. The number of unbranched alkanes of at least 4 members (excludes halogenated alkanes) is 8. The minimum atomic E-state index is 0.808. The molecule has 23 heavy (non-hydrogen) atoms. The lowest BCUT2D eigenvalue weighted by Crippen LogP contribution is -1.89. The molecule has 0 aliphatic heterocycles. The molecule has 0 bridgehead atoms. The van der Waals surface area contributed by atoms with E-state index in [1.807, 2.05) is 6.07 Å². The van der Waals surface area contributed by atoms with Gasteiger partial charge >= 0.3 is 0 Å². The van der Waals surface area contributed by atoms with Gasteiger partial charge in [0.25, 0.3) is 0 Å². The summed E-state index contributed by atoms with van der Waals surface area (Å²) in [6.45, 7) is 2.28. The molecule has 2 heteroatoms. The number of aryl methyl sites for hydroxylation is 1. The number of aromatic nitrogens is 2. The summed E-state index contributed by atoms with van der Waals surface area (Å²) in [5.74, 6) is 0.808. The third-order valence-electron chi connectivity index (χ3n) is 4.35. The number of rotatable bonds is 11. The Morgan fingerprint density at radius 2 is 1.26 bits per heavy atom. The van der Waals surface area contributed by atoms with Crippen molar-refractivity contribution in [1.82, 2.24) is 9.97 Å². The van der Waals surface area contributed by atoms with Crippen molar-refractivity contribution in [3.63, 3.8) is 0 Å². The van der Waals surface area contributed by atoms with E-state index in [4.69, 9.17) is 0 Å². The Balaban J connectivity index is 1.60. The highest BCUT2D eigenvalue weighted by Gasteiger charge is 2.00. The van der Waals surface area contributed by atoms with Crippen LogP contribution >= 0.6 is 0 Å². The molecule has 0 saturated carbocycles. The molecule has 0 aliphatic carbocycles. The molecule has 1 aromatic heterocycles. The zero-order valence-corrected chi connectivity index (χ0v) is 14.5. The van der Waals surface area contributed by atoms with Crippen molar-refractivity contribution in [2.24, 2.45) is 0 Å². The Morgan fingerprint density at radius 1 is 0.696 bits per heavy atom. The van der Waals surface area contributed by atoms with Gasteiger partial charge in [-0.25, -0.2) is 9.97 Å². The number of benzene rings is 1. The van der Waals surface area contributed by atoms with Crippen molar-refractivity contribution in [1.29, 1.82) is 0 Å². The third kappa shape index (κ3) is 6.94. The zero-order valence-electron chi connectivity index (χ0n) is 14.5. The first-order valence-corrected chi connectivity index (χ1v) is 9.26. The third-order valence-corrected chi connectivity index (χ3v) is 4.35. The number of hydrogen-bond donors (Lipinski definition) is 0. The molecule has 0 aliphatic rings. The van der Waals surface area contributed by atoms with Gasteiger partial charge in [0, 0.05) is 18.0 Å². The molecular formula is C21H30N2. The Morgan fingerprint density at radius 3 is 1.87 bits per heavy atom. The van der Waals surface area contributed by atoms with Gasteiger partial charge in [0.15, 0.2) is 5.82 Å². The lowest BCUT2D eigenvalue weighted by atomic mass is 10.0. The molecule has 2 nitrogen and oxygen atoms in total. The molecule has 0 atom stereocenters. The normalized spacial score (nSPS) is 10.8. The maximum atomic E-state index is 4.29. The predicted octanol–water partition coefficient (Wildman–Crippen LogP) is 6.22. The molecule has 0 amide bonds. The van der Waals surface area contributed by atoms with E-state index < -0.39 is 0 Å². The van der Waals surface area contributed by atoms with E-state index in [0.29, 0.717) is 0 Å². The lowest BCUT2D eigenvalue weighted by molar-refractivity contribution is 0.565. The molecule has 1 heterocycles. The second kappa shape index (κ2) is 10.9. The van der Waals surface area contributed by atoms with Crippen molar-refractivity contribution in [3.8, 4) is 11.4 Å². The van der Waals surface area contributed by atoms with Crippen LogP contribution in [0.25, 0.3) is 11.4 Å². The molecule has 0 unspecified atom stereocenters. The van der Waals surface area contributed by atoms with E-state index in [1.165, 1.54) is 69.8 Å². The Kier molecular flexibility index (Phi) is 8.39. The predicted molar refractivity (Wildman–Crippen MR) is 98.4 cm³/mol. The maximum absolute atomic E-state index is 4.29. The van der Waals surface area contributed by atoms with Crippen LogP contribution in [0, 0.1) is 0 Å². The molecule has 0 radical (unpaired) electrons. The average Bonchev–Trinajstić information content (AvgIpc) is 2.62. The van der Waals surface area contributed by atoms with Gasteiger partial charge in [0.2, 0.25) is 0 Å². The van der Waals surface area contributed by atoms with Crippen molar-refractivity contribution >= 4 is 0 Å². The Labute approximate surface area is 141 Å². The van der Waals surface area contributed by atoms with Gasteiger partial charge in [-0.2, -0.15) is 0 Å². The highest BCUT2D eigenvalue weighted by molar-refractivity contribution is 5.54. The summed E-state index contributed by atoms with van der Waals surface area (Å²) in [5.41, 5.74) is 2.52. The number of hydrogen-bond acceptors (Lipinski definition) is 2. The van der Waals surface area contributed by atoms with Gasteiger partial charge in [0.1, 0.15) is 0 Å². The van der Waals surface area contributed by atoms with E-state index in [9.17, 15) is 0 Å². The summed E-state index contributed by atoms with van der Waals surface area (Å²) in [4.78, 5) is 8.58. The monoisotopic (exact) mass is 310 g/mol. The van der Waals surface area contributed by atoms with E-state index >= 15 is 0 Å². The van der Waals surface area contributed by atoms with E-state index in [-0.39, 0.29) is 0 Å². The van der Waals surface area contributed by atoms with Crippen LogP contribution in [-0.2, 0) is 6.42 Å². The van der Waals surface area contributed by atoms with Crippen LogP contribution < -0.4 is 0 Å². The second-order valence-electron chi connectivity index (χ2n) is 6.35. The topological polar surface area (TPSA) is 25.8 Å². The molecule has 0 fully saturated rings. The minimum absolute atomic E-state index is 0.808. The SMILES string of the molecule is CCCCCCCCCCCc1ccc(-c2ncccn2)cc1. The largest absolute Gasteiger partial charge is 0.237 e. The summed E-state index contributed by atoms with van der Waals surface area (Å²) >= 11 is 0. The van der Waals surface area contributed by atoms with Crippen molar-refractivity contribution < 1.29 is 0 Å². The van der Waals surface area contributed by atoms with Crippen molar-refractivity contribution in [3.05, 3.63) is 48.3 Å².